The SMILES string of the molecule is Cc1ccc(I)cc1NC(=O)c1snnc1C(C)C. The molecule has 0 aliphatic heterocycles. The average Bonchev–Trinajstić information content (AvgIpc) is 2.83. The summed E-state index contributed by atoms with van der Waals surface area (Å²) in [6.45, 7) is 5.98. The van der Waals surface area contributed by atoms with Crippen LogP contribution in [0.5, 0.6) is 0 Å². The molecule has 1 aromatic heterocycles. The summed E-state index contributed by atoms with van der Waals surface area (Å²) in [6, 6.07) is 5.96. The van der Waals surface area contributed by atoms with Crippen LogP contribution >= 0.6 is 34.1 Å². The smallest absolute Gasteiger partial charge is 0.269 e. The number of benzene rings is 1. The van der Waals surface area contributed by atoms with Crippen molar-refractivity contribution in [3.8, 4) is 0 Å². The lowest BCUT2D eigenvalue weighted by atomic mass is 10.1. The molecule has 1 N–H and O–H groups in total. The van der Waals surface area contributed by atoms with Gasteiger partial charge in [-0.25, -0.2) is 0 Å². The molecule has 19 heavy (non-hydrogen) atoms. The summed E-state index contributed by atoms with van der Waals surface area (Å²) in [5, 5.41) is 6.96. The van der Waals surface area contributed by atoms with E-state index in [9.17, 15) is 4.79 Å². The Kier molecular flexibility index (Phi) is 4.51. The fourth-order valence-corrected chi connectivity index (χ4v) is 2.85. The number of hydrogen-bond donors (Lipinski definition) is 1. The zero-order valence-electron chi connectivity index (χ0n) is 10.9. The maximum Gasteiger partial charge on any atom is 0.269 e. The number of rotatable bonds is 3. The van der Waals surface area contributed by atoms with Gasteiger partial charge in [0.1, 0.15) is 4.88 Å². The lowest BCUT2D eigenvalue weighted by Crippen LogP contribution is -2.14. The van der Waals surface area contributed by atoms with E-state index >= 15 is 0 Å². The van der Waals surface area contributed by atoms with Gasteiger partial charge in [0.05, 0.1) is 5.69 Å². The van der Waals surface area contributed by atoms with E-state index in [1.807, 2.05) is 39.0 Å². The first-order valence-corrected chi connectivity index (χ1v) is 7.74. The highest BCUT2D eigenvalue weighted by molar-refractivity contribution is 14.1. The minimum atomic E-state index is -0.135. The molecule has 0 bridgehead atoms. The van der Waals surface area contributed by atoms with Crippen molar-refractivity contribution in [2.24, 2.45) is 0 Å². The van der Waals surface area contributed by atoms with E-state index in [2.05, 4.69) is 37.5 Å². The molecule has 0 aliphatic carbocycles. The summed E-state index contributed by atoms with van der Waals surface area (Å²) in [5.74, 6) is 0.0558. The van der Waals surface area contributed by atoms with Gasteiger partial charge in [0, 0.05) is 9.26 Å². The predicted octanol–water partition coefficient (Wildman–Crippen LogP) is 3.83. The fraction of sp³-hybridized carbons (Fsp3) is 0.308. The van der Waals surface area contributed by atoms with Crippen molar-refractivity contribution in [3.05, 3.63) is 37.9 Å². The minimum absolute atomic E-state index is 0.135. The lowest BCUT2D eigenvalue weighted by molar-refractivity contribution is 0.102. The number of carbonyl (C=O) groups is 1. The van der Waals surface area contributed by atoms with Gasteiger partial charge in [-0.15, -0.1) is 5.10 Å². The maximum atomic E-state index is 12.3. The highest BCUT2D eigenvalue weighted by Crippen LogP contribution is 2.23. The molecule has 0 fully saturated rings. The van der Waals surface area contributed by atoms with Crippen LogP contribution in [-0.4, -0.2) is 15.5 Å². The van der Waals surface area contributed by atoms with Gasteiger partial charge >= 0.3 is 0 Å². The number of anilines is 1. The van der Waals surface area contributed by atoms with Gasteiger partial charge in [-0.3, -0.25) is 4.79 Å². The van der Waals surface area contributed by atoms with Crippen LogP contribution in [0, 0.1) is 10.5 Å². The van der Waals surface area contributed by atoms with Gasteiger partial charge in [-0.1, -0.05) is 24.4 Å². The average molecular weight is 387 g/mol. The minimum Gasteiger partial charge on any atom is -0.321 e. The zero-order chi connectivity index (χ0) is 14.0. The molecule has 0 saturated carbocycles. The van der Waals surface area contributed by atoms with E-state index in [0.717, 1.165) is 32.0 Å². The summed E-state index contributed by atoms with van der Waals surface area (Å²) in [4.78, 5) is 12.9. The van der Waals surface area contributed by atoms with Crippen molar-refractivity contribution in [2.45, 2.75) is 26.7 Å². The highest BCUT2D eigenvalue weighted by atomic mass is 127. The van der Waals surface area contributed by atoms with Crippen LogP contribution in [0.15, 0.2) is 18.2 Å². The van der Waals surface area contributed by atoms with Crippen molar-refractivity contribution in [1.82, 2.24) is 9.59 Å². The van der Waals surface area contributed by atoms with Crippen LogP contribution < -0.4 is 5.32 Å². The van der Waals surface area contributed by atoms with Gasteiger partial charge < -0.3 is 5.32 Å². The van der Waals surface area contributed by atoms with Crippen LogP contribution in [-0.2, 0) is 0 Å². The van der Waals surface area contributed by atoms with E-state index < -0.39 is 0 Å². The van der Waals surface area contributed by atoms with Crippen LogP contribution in [0.4, 0.5) is 5.69 Å². The number of nitrogens with one attached hydrogen (secondary N) is 1. The van der Waals surface area contributed by atoms with Crippen molar-refractivity contribution in [2.75, 3.05) is 5.32 Å². The monoisotopic (exact) mass is 387 g/mol. The number of aromatic nitrogens is 2. The summed E-state index contributed by atoms with van der Waals surface area (Å²) in [5.41, 5.74) is 2.63. The molecule has 2 rings (SSSR count). The first-order valence-electron chi connectivity index (χ1n) is 5.88. The highest BCUT2D eigenvalue weighted by Gasteiger charge is 2.19. The molecule has 100 valence electrons. The number of halogens is 1. The Balaban J connectivity index is 2.26. The van der Waals surface area contributed by atoms with Crippen molar-refractivity contribution in [3.63, 3.8) is 0 Å². The molecule has 2 aromatic rings. The van der Waals surface area contributed by atoms with Gasteiger partial charge in [0.15, 0.2) is 0 Å². The summed E-state index contributed by atoms with van der Waals surface area (Å²) >= 11 is 3.37. The number of amides is 1. The quantitative estimate of drug-likeness (QED) is 0.815. The topological polar surface area (TPSA) is 54.9 Å². The molecular formula is C13H14IN3OS. The molecule has 0 spiro atoms. The third-order valence-electron chi connectivity index (χ3n) is 2.71. The zero-order valence-corrected chi connectivity index (χ0v) is 13.9. The molecule has 1 heterocycles. The Hall–Kier alpha value is -1.02. The Labute approximate surface area is 129 Å². The first kappa shape index (κ1) is 14.4. The molecule has 1 aromatic carbocycles. The molecule has 0 radical (unpaired) electrons. The van der Waals surface area contributed by atoms with Gasteiger partial charge in [-0.05, 0) is 64.7 Å². The molecule has 0 aliphatic rings. The van der Waals surface area contributed by atoms with E-state index in [-0.39, 0.29) is 11.8 Å². The molecule has 4 nitrogen and oxygen atoms in total. The van der Waals surface area contributed by atoms with E-state index in [0.29, 0.717) is 4.88 Å². The molecule has 1 amide bonds. The van der Waals surface area contributed by atoms with E-state index in [4.69, 9.17) is 0 Å². The second kappa shape index (κ2) is 5.96. The predicted molar refractivity (Wildman–Crippen MR) is 85.8 cm³/mol. The van der Waals surface area contributed by atoms with Crippen LogP contribution in [0.3, 0.4) is 0 Å². The third-order valence-corrected chi connectivity index (χ3v) is 4.13. The largest absolute Gasteiger partial charge is 0.321 e. The van der Waals surface area contributed by atoms with E-state index in [1.165, 1.54) is 0 Å². The number of aryl methyl sites for hydroxylation is 1. The number of hydrogen-bond acceptors (Lipinski definition) is 4. The summed E-state index contributed by atoms with van der Waals surface area (Å²) in [7, 11) is 0. The van der Waals surface area contributed by atoms with Crippen molar-refractivity contribution >= 4 is 45.7 Å². The normalized spacial score (nSPS) is 10.8. The molecule has 6 heteroatoms. The molecule has 0 saturated heterocycles. The second-order valence-corrected chi connectivity index (χ2v) is 6.56. The maximum absolute atomic E-state index is 12.3. The molecule has 0 atom stereocenters. The van der Waals surface area contributed by atoms with Gasteiger partial charge in [0.25, 0.3) is 5.91 Å². The van der Waals surface area contributed by atoms with Gasteiger partial charge in [0.2, 0.25) is 0 Å². The van der Waals surface area contributed by atoms with Crippen LogP contribution in [0.1, 0.15) is 40.7 Å². The van der Waals surface area contributed by atoms with E-state index in [1.54, 1.807) is 0 Å². The summed E-state index contributed by atoms with van der Waals surface area (Å²) in [6.07, 6.45) is 0. The Morgan fingerprint density at radius 3 is 2.84 bits per heavy atom. The fourth-order valence-electron chi connectivity index (χ4n) is 1.64. The summed E-state index contributed by atoms with van der Waals surface area (Å²) < 4.78 is 4.96. The Morgan fingerprint density at radius 2 is 2.16 bits per heavy atom. The standard InChI is InChI=1S/C13H14IN3OS/c1-7(2)11-12(19-17-16-11)13(18)15-10-6-9(14)5-4-8(10)3/h4-7H,1-3H3,(H,15,18). The Bertz CT molecular complexity index is 610. The molecular weight excluding hydrogens is 373 g/mol. The second-order valence-electron chi connectivity index (χ2n) is 4.56. The number of carbonyl (C=O) groups excluding carboxylic acids is 1. The van der Waals surface area contributed by atoms with Crippen LogP contribution in [0.2, 0.25) is 0 Å². The third kappa shape index (κ3) is 3.30. The van der Waals surface area contributed by atoms with Crippen molar-refractivity contribution in [1.29, 1.82) is 0 Å². The Morgan fingerprint density at radius 1 is 1.42 bits per heavy atom. The first-order chi connectivity index (χ1) is 8.99. The van der Waals surface area contributed by atoms with Gasteiger partial charge in [-0.2, -0.15) is 0 Å². The van der Waals surface area contributed by atoms with Crippen molar-refractivity contribution < 1.29 is 4.79 Å². The molecule has 0 unspecified atom stereocenters. The number of nitrogens with zero attached hydrogens (tertiary/aromatic N) is 2. The lowest BCUT2D eigenvalue weighted by Gasteiger charge is -2.09. The van der Waals surface area contributed by atoms with Crippen LogP contribution in [0.25, 0.3) is 0 Å².